The summed E-state index contributed by atoms with van der Waals surface area (Å²) < 4.78 is 34.2. The topological polar surface area (TPSA) is 307 Å². The third-order valence-electron chi connectivity index (χ3n) is 15.0. The SMILES string of the molecule is CC/C=C\C/C=C\C/C=C\C/C=C\CCCCCCCCCCCCCCC(=O)NC(COC1OC(CO)C(OC2OC(CO)C(OC3OC(CO)C(O)C(O)C3O)C(O)C2O)C(O)C1O)C(O)/C=C/CC/C=C/CCCCCCC. The molecule has 81 heavy (non-hydrogen) atoms. The average molecular weight is 1150 g/mol. The van der Waals surface area contributed by atoms with E-state index in [1.165, 1.54) is 70.6 Å². The van der Waals surface area contributed by atoms with Gasteiger partial charge in [0.1, 0.15) is 73.2 Å². The number of carbonyl (C=O) groups is 1. The van der Waals surface area contributed by atoms with Crippen LogP contribution in [0.25, 0.3) is 0 Å². The van der Waals surface area contributed by atoms with Crippen LogP contribution in [0.4, 0.5) is 0 Å². The Morgan fingerprint density at radius 1 is 0.457 bits per heavy atom. The van der Waals surface area contributed by atoms with Gasteiger partial charge in [0.15, 0.2) is 18.9 Å². The number of aliphatic hydroxyl groups is 11. The molecule has 17 atom stereocenters. The summed E-state index contributed by atoms with van der Waals surface area (Å²) in [6, 6.07) is -0.992. The lowest BCUT2D eigenvalue weighted by molar-refractivity contribution is -0.379. The fourth-order valence-electron chi connectivity index (χ4n) is 9.96. The lowest BCUT2D eigenvalue weighted by Gasteiger charge is -2.48. The highest BCUT2D eigenvalue weighted by Gasteiger charge is 2.53. The molecule has 3 heterocycles. The molecule has 3 aliphatic heterocycles. The summed E-state index contributed by atoms with van der Waals surface area (Å²) >= 11 is 0. The van der Waals surface area contributed by atoms with Crippen molar-refractivity contribution in [1.82, 2.24) is 5.32 Å². The van der Waals surface area contributed by atoms with Crippen molar-refractivity contribution in [3.63, 3.8) is 0 Å². The highest BCUT2D eigenvalue weighted by molar-refractivity contribution is 5.76. The smallest absolute Gasteiger partial charge is 0.220 e. The van der Waals surface area contributed by atoms with Crippen LogP contribution >= 0.6 is 0 Å². The predicted molar refractivity (Wildman–Crippen MR) is 309 cm³/mol. The Labute approximate surface area is 483 Å². The van der Waals surface area contributed by atoms with Gasteiger partial charge in [-0.2, -0.15) is 0 Å². The van der Waals surface area contributed by atoms with E-state index >= 15 is 0 Å². The molecule has 19 heteroatoms. The van der Waals surface area contributed by atoms with Crippen molar-refractivity contribution < 1.29 is 89.4 Å². The van der Waals surface area contributed by atoms with E-state index < -0.39 is 124 Å². The molecular weight excluding hydrogens is 1050 g/mol. The molecule has 1 amide bonds. The molecule has 0 radical (unpaired) electrons. The Morgan fingerprint density at radius 2 is 0.864 bits per heavy atom. The Morgan fingerprint density at radius 3 is 1.38 bits per heavy atom. The molecule has 468 valence electrons. The third kappa shape index (κ3) is 28.3. The second-order valence-corrected chi connectivity index (χ2v) is 21.8. The lowest BCUT2D eigenvalue weighted by Crippen LogP contribution is -2.66. The molecule has 3 aliphatic rings. The van der Waals surface area contributed by atoms with E-state index in [1.54, 1.807) is 6.08 Å². The fraction of sp³-hybridized carbons (Fsp3) is 0.790. The number of carbonyl (C=O) groups excluding carboxylic acids is 1. The van der Waals surface area contributed by atoms with E-state index in [4.69, 9.17) is 28.4 Å². The summed E-state index contributed by atoms with van der Waals surface area (Å²) in [4.78, 5) is 13.3. The normalized spacial score (nSPS) is 30.3. The van der Waals surface area contributed by atoms with Gasteiger partial charge in [-0.3, -0.25) is 4.79 Å². The molecule has 0 aromatic rings. The lowest BCUT2D eigenvalue weighted by atomic mass is 9.96. The van der Waals surface area contributed by atoms with Gasteiger partial charge < -0.3 is 89.9 Å². The van der Waals surface area contributed by atoms with Crippen LogP contribution in [-0.4, -0.2) is 193 Å². The Bertz CT molecular complexity index is 1760. The van der Waals surface area contributed by atoms with Crippen LogP contribution in [0.1, 0.15) is 181 Å². The van der Waals surface area contributed by atoms with Crippen LogP contribution in [0.3, 0.4) is 0 Å². The molecule has 3 saturated heterocycles. The number of rotatable bonds is 44. The molecular formula is C62H107NO18. The van der Waals surface area contributed by atoms with Crippen molar-refractivity contribution in [3.8, 4) is 0 Å². The number of hydrogen-bond donors (Lipinski definition) is 12. The summed E-state index contributed by atoms with van der Waals surface area (Å²) in [7, 11) is 0. The minimum absolute atomic E-state index is 0.229. The molecule has 3 rings (SSSR count). The zero-order valence-electron chi connectivity index (χ0n) is 48.7. The molecule has 19 nitrogen and oxygen atoms in total. The summed E-state index contributed by atoms with van der Waals surface area (Å²) in [5, 5.41) is 120. The van der Waals surface area contributed by atoms with Crippen molar-refractivity contribution in [2.24, 2.45) is 0 Å². The van der Waals surface area contributed by atoms with Crippen LogP contribution in [0.15, 0.2) is 72.9 Å². The van der Waals surface area contributed by atoms with Crippen LogP contribution in [-0.2, 0) is 33.2 Å². The molecule has 0 saturated carbocycles. The highest BCUT2D eigenvalue weighted by Crippen LogP contribution is 2.33. The first-order valence-electron chi connectivity index (χ1n) is 30.7. The number of hydrogen-bond acceptors (Lipinski definition) is 18. The van der Waals surface area contributed by atoms with Crippen molar-refractivity contribution in [3.05, 3.63) is 72.9 Å². The quantitative estimate of drug-likeness (QED) is 0.0253. The molecule has 0 spiro atoms. The van der Waals surface area contributed by atoms with Gasteiger partial charge in [0.2, 0.25) is 5.91 Å². The minimum atomic E-state index is -1.98. The largest absolute Gasteiger partial charge is 0.394 e. The van der Waals surface area contributed by atoms with E-state index in [1.807, 2.05) is 6.08 Å². The third-order valence-corrected chi connectivity index (χ3v) is 15.0. The number of nitrogens with one attached hydrogen (secondary N) is 1. The first-order valence-corrected chi connectivity index (χ1v) is 30.7. The second kappa shape index (κ2) is 44.7. The van der Waals surface area contributed by atoms with Crippen LogP contribution in [0.5, 0.6) is 0 Å². The maximum absolute atomic E-state index is 13.3. The number of amides is 1. The molecule has 0 aromatic heterocycles. The van der Waals surface area contributed by atoms with Crippen LogP contribution in [0.2, 0.25) is 0 Å². The number of unbranched alkanes of at least 4 members (excludes halogenated alkanes) is 18. The van der Waals surface area contributed by atoms with Gasteiger partial charge in [-0.05, 0) is 70.6 Å². The van der Waals surface area contributed by atoms with E-state index in [2.05, 4.69) is 79.9 Å². The zero-order valence-corrected chi connectivity index (χ0v) is 48.7. The minimum Gasteiger partial charge on any atom is -0.394 e. The first-order chi connectivity index (χ1) is 39.3. The maximum atomic E-state index is 13.3. The Kier molecular flexibility index (Phi) is 40.0. The predicted octanol–water partition coefficient (Wildman–Crippen LogP) is 5.82. The van der Waals surface area contributed by atoms with E-state index in [0.29, 0.717) is 12.8 Å². The molecule has 0 bridgehead atoms. The van der Waals surface area contributed by atoms with Gasteiger partial charge in [-0.25, -0.2) is 0 Å². The summed E-state index contributed by atoms with van der Waals surface area (Å²) in [5.74, 6) is -0.293. The molecule has 12 N–H and O–H groups in total. The molecule has 3 fully saturated rings. The summed E-state index contributed by atoms with van der Waals surface area (Å²) in [6.45, 7) is 1.54. The zero-order chi connectivity index (χ0) is 59.0. The van der Waals surface area contributed by atoms with Crippen molar-refractivity contribution in [2.75, 3.05) is 26.4 Å². The van der Waals surface area contributed by atoms with E-state index in [-0.39, 0.29) is 18.9 Å². The summed E-state index contributed by atoms with van der Waals surface area (Å²) in [5.41, 5.74) is 0. The van der Waals surface area contributed by atoms with E-state index in [0.717, 1.165) is 77.0 Å². The number of ether oxygens (including phenoxy) is 6. The number of allylic oxidation sites excluding steroid dienone is 11. The van der Waals surface area contributed by atoms with Crippen molar-refractivity contribution in [1.29, 1.82) is 0 Å². The van der Waals surface area contributed by atoms with Crippen molar-refractivity contribution >= 4 is 5.91 Å². The maximum Gasteiger partial charge on any atom is 0.220 e. The van der Waals surface area contributed by atoms with Gasteiger partial charge in [-0.15, -0.1) is 0 Å². The molecule has 17 unspecified atom stereocenters. The van der Waals surface area contributed by atoms with Gasteiger partial charge in [0, 0.05) is 6.42 Å². The fourth-order valence-corrected chi connectivity index (χ4v) is 9.96. The monoisotopic (exact) mass is 1150 g/mol. The standard InChI is InChI=1S/C62H107NO18/c1-3-5-7-9-11-13-15-16-17-18-19-20-21-22-23-24-25-26-27-28-30-32-34-36-38-40-50(68)63-45(46(67)39-37-35-33-31-29-14-12-10-8-6-4-2)44-76-60-56(74)53(71)58(48(42-65)78-60)81-62-57(75)54(72)59(49(43-66)79-62)80-61-55(73)52(70)51(69)47(41-64)77-61/h5,7,11,13,16-17,19-20,29,31,37,39,45-49,51-62,64-67,69-75H,3-4,6,8-10,12,14-15,18,21-28,30,32-36,38,40-44H2,1-2H3,(H,63,68)/b7-5-,13-11-,17-16-,20-19-,31-29+,39-37+. The summed E-state index contributed by atoms with van der Waals surface area (Å²) in [6.07, 6.45) is 26.1. The second-order valence-electron chi connectivity index (χ2n) is 21.8. The Hall–Kier alpha value is -2.77. The average Bonchev–Trinajstić information content (AvgIpc) is 3.51. The van der Waals surface area contributed by atoms with Gasteiger partial charge in [0.25, 0.3) is 0 Å². The van der Waals surface area contributed by atoms with Crippen molar-refractivity contribution in [2.45, 2.75) is 285 Å². The highest BCUT2D eigenvalue weighted by atomic mass is 16.8. The van der Waals surface area contributed by atoms with Gasteiger partial charge >= 0.3 is 0 Å². The Balaban J connectivity index is 1.44. The first kappa shape index (κ1) is 72.5. The molecule has 0 aliphatic carbocycles. The van der Waals surface area contributed by atoms with E-state index in [9.17, 15) is 61.0 Å². The van der Waals surface area contributed by atoms with Crippen LogP contribution < -0.4 is 5.32 Å². The number of aliphatic hydroxyl groups excluding tert-OH is 11. The molecule has 0 aromatic carbocycles. The van der Waals surface area contributed by atoms with Gasteiger partial charge in [-0.1, -0.05) is 177 Å². The van der Waals surface area contributed by atoms with Gasteiger partial charge in [0.05, 0.1) is 38.6 Å². The van der Waals surface area contributed by atoms with Crippen LogP contribution in [0, 0.1) is 0 Å².